The third-order valence-electron chi connectivity index (χ3n) is 0.258. The van der Waals surface area contributed by atoms with Crippen molar-refractivity contribution in [3.63, 3.8) is 0 Å². The van der Waals surface area contributed by atoms with E-state index in [4.69, 9.17) is 7.98 Å². The minimum atomic E-state index is -0.0705. The van der Waals surface area contributed by atoms with E-state index in [1.54, 1.807) is 0 Å². The van der Waals surface area contributed by atoms with E-state index >= 15 is 0 Å². The Bertz CT molecular complexity index is 23.6. The molecule has 0 fully saturated rings. The lowest BCUT2D eigenvalue weighted by molar-refractivity contribution is 1.64. The van der Waals surface area contributed by atoms with Crippen LogP contribution < -0.4 is 5.00 Å². The fraction of sp³-hybridized carbons (Fsp3) is 1.00. The van der Waals surface area contributed by atoms with Crippen molar-refractivity contribution < 1.29 is 0 Å². The predicted octanol–water partition coefficient (Wildman–Crippen LogP) is 0.316. The summed E-state index contributed by atoms with van der Waals surface area (Å²) in [6, 6.07) is 0. The molecular formula is C2H7BNP. The smallest absolute Gasteiger partial charge is 0.183 e. The van der Waals surface area contributed by atoms with E-state index in [0.29, 0.717) is 0 Å². The van der Waals surface area contributed by atoms with Gasteiger partial charge in [0.1, 0.15) is 0 Å². The van der Waals surface area contributed by atoms with Gasteiger partial charge in [0.2, 0.25) is 0 Å². The van der Waals surface area contributed by atoms with Crippen molar-refractivity contribution in [2.45, 2.75) is 0 Å². The second-order valence-corrected chi connectivity index (χ2v) is 3.07. The zero-order valence-corrected chi connectivity index (χ0v) is 4.42. The summed E-state index contributed by atoms with van der Waals surface area (Å²) < 4.78 is 0. The Labute approximate surface area is 35.4 Å². The molecule has 0 aromatic heterocycles. The summed E-state index contributed by atoms with van der Waals surface area (Å²) in [6.45, 7) is 4.10. The van der Waals surface area contributed by atoms with Crippen LogP contribution in [0.3, 0.4) is 0 Å². The van der Waals surface area contributed by atoms with Crippen molar-refractivity contribution in [1.29, 1.82) is 0 Å². The summed E-state index contributed by atoms with van der Waals surface area (Å²) in [7, 11) is 4.88. The van der Waals surface area contributed by atoms with Crippen molar-refractivity contribution in [3.8, 4) is 0 Å². The first-order valence-corrected chi connectivity index (χ1v) is 3.64. The van der Waals surface area contributed by atoms with Crippen LogP contribution in [0, 0.1) is 0 Å². The molecule has 0 aromatic rings. The summed E-state index contributed by atoms with van der Waals surface area (Å²) in [4.78, 5) is 2.59. The summed E-state index contributed by atoms with van der Waals surface area (Å²) in [6.07, 6.45) is 0. The van der Waals surface area contributed by atoms with Gasteiger partial charge in [-0.15, -0.1) is 0 Å². The van der Waals surface area contributed by atoms with Crippen LogP contribution in [0.4, 0.5) is 0 Å². The molecule has 28 valence electrons. The van der Waals surface area contributed by atoms with E-state index in [1.165, 1.54) is 0 Å². The van der Waals surface area contributed by atoms with Gasteiger partial charge in [-0.25, -0.2) is 0 Å². The van der Waals surface area contributed by atoms with Crippen LogP contribution in [0.1, 0.15) is 0 Å². The molecule has 0 atom stereocenters. The van der Waals surface area contributed by atoms with Crippen molar-refractivity contribution in [2.75, 3.05) is 13.3 Å². The third-order valence-corrected chi connectivity index (χ3v) is 0.775. The second kappa shape index (κ2) is 2.68. The molecule has 3 heteroatoms. The molecule has 0 aliphatic heterocycles. The molecule has 0 bridgehead atoms. The highest BCUT2D eigenvalue weighted by Crippen LogP contribution is 2.13. The molecule has 0 aliphatic carbocycles. The maximum absolute atomic E-state index is 4.95. The van der Waals surface area contributed by atoms with E-state index in [2.05, 4.69) is 18.3 Å². The third kappa shape index (κ3) is 4.45. The zero-order chi connectivity index (χ0) is 4.28. The molecule has 0 rings (SSSR count). The Hall–Kier alpha value is 0.455. The minimum absolute atomic E-state index is 0.0705. The van der Waals surface area contributed by atoms with Crippen LogP contribution in [0.5, 0.6) is 0 Å². The highest BCUT2D eigenvalue weighted by molar-refractivity contribution is 7.55. The minimum Gasteiger partial charge on any atom is -0.347 e. The quantitative estimate of drug-likeness (QED) is 0.358. The second-order valence-electron chi connectivity index (χ2n) is 1.02. The van der Waals surface area contributed by atoms with Crippen molar-refractivity contribution in [3.05, 3.63) is 0 Å². The zero-order valence-electron chi connectivity index (χ0n) is 3.52. The molecule has 1 nitrogen and oxygen atoms in total. The molecule has 0 saturated heterocycles. The van der Waals surface area contributed by atoms with Gasteiger partial charge in [-0.1, -0.05) is 8.07 Å². The van der Waals surface area contributed by atoms with Gasteiger partial charge in [-0.2, -0.15) is 0 Å². The van der Waals surface area contributed by atoms with Gasteiger partial charge in [0.15, 0.2) is 7.98 Å². The summed E-state index contributed by atoms with van der Waals surface area (Å²) >= 11 is 0. The average Bonchev–Trinajstić information content (AvgIpc) is 1.38. The molecule has 2 radical (unpaired) electrons. The van der Waals surface area contributed by atoms with Gasteiger partial charge in [-0.05, 0) is 13.3 Å². The Kier molecular flexibility index (Phi) is 2.92. The van der Waals surface area contributed by atoms with Crippen molar-refractivity contribution >= 4 is 16.1 Å². The Morgan fingerprint density at radius 1 is 1.60 bits per heavy atom. The van der Waals surface area contributed by atoms with Crippen LogP contribution in [-0.2, 0) is 0 Å². The summed E-state index contributed by atoms with van der Waals surface area (Å²) in [5.41, 5.74) is 0. The van der Waals surface area contributed by atoms with Gasteiger partial charge in [-0.3, -0.25) is 0 Å². The SMILES string of the molecule is [B]NP(C)C. The van der Waals surface area contributed by atoms with Gasteiger partial charge >= 0.3 is 0 Å². The molecule has 0 aliphatic rings. The fourth-order valence-electron chi connectivity index (χ4n) is 0. The van der Waals surface area contributed by atoms with E-state index in [-0.39, 0.29) is 8.07 Å². The number of nitrogens with one attached hydrogen (secondary N) is 1. The first-order valence-electron chi connectivity index (χ1n) is 1.41. The van der Waals surface area contributed by atoms with Crippen molar-refractivity contribution in [2.24, 2.45) is 0 Å². The summed E-state index contributed by atoms with van der Waals surface area (Å²) in [5, 5.41) is 0. The molecule has 0 aromatic carbocycles. The maximum Gasteiger partial charge on any atom is 0.183 e. The van der Waals surface area contributed by atoms with E-state index < -0.39 is 0 Å². The molecule has 0 saturated carbocycles. The topological polar surface area (TPSA) is 12.0 Å². The van der Waals surface area contributed by atoms with Gasteiger partial charge in [0, 0.05) is 0 Å². The highest BCUT2D eigenvalue weighted by Gasteiger charge is 1.75. The molecule has 0 spiro atoms. The van der Waals surface area contributed by atoms with Crippen LogP contribution >= 0.6 is 8.07 Å². The molecule has 0 unspecified atom stereocenters. The number of rotatable bonds is 1. The van der Waals surface area contributed by atoms with Crippen LogP contribution in [0.2, 0.25) is 0 Å². The largest absolute Gasteiger partial charge is 0.347 e. The Morgan fingerprint density at radius 3 is 1.80 bits per heavy atom. The van der Waals surface area contributed by atoms with Gasteiger partial charge in [0.25, 0.3) is 0 Å². The van der Waals surface area contributed by atoms with E-state index in [0.717, 1.165) is 0 Å². The first kappa shape index (κ1) is 5.45. The fourth-order valence-corrected chi connectivity index (χ4v) is 0. The number of hydrogen-bond acceptors (Lipinski definition) is 1. The Morgan fingerprint density at radius 2 is 1.80 bits per heavy atom. The van der Waals surface area contributed by atoms with Crippen LogP contribution in [0.15, 0.2) is 0 Å². The predicted molar refractivity (Wildman–Crippen MR) is 27.7 cm³/mol. The van der Waals surface area contributed by atoms with Crippen molar-refractivity contribution in [1.82, 2.24) is 5.00 Å². The molecular weight excluding hydrogens is 79.8 g/mol. The molecule has 5 heavy (non-hydrogen) atoms. The standard InChI is InChI=1S/C2H7BNP/c1-5(2)4-3/h4H,1-2H3. The lowest BCUT2D eigenvalue weighted by Crippen LogP contribution is -1.95. The lowest BCUT2D eigenvalue weighted by atomic mass is 10.5. The van der Waals surface area contributed by atoms with Crippen LogP contribution in [-0.4, -0.2) is 21.3 Å². The van der Waals surface area contributed by atoms with Gasteiger partial charge < -0.3 is 5.00 Å². The van der Waals surface area contributed by atoms with E-state index in [1.807, 2.05) is 0 Å². The normalized spacial score (nSPS) is 9.40. The Balaban J connectivity index is 2.54. The lowest BCUT2D eigenvalue weighted by Gasteiger charge is -1.96. The van der Waals surface area contributed by atoms with Gasteiger partial charge in [0.05, 0.1) is 0 Å². The highest BCUT2D eigenvalue weighted by atomic mass is 31.1. The van der Waals surface area contributed by atoms with E-state index in [9.17, 15) is 0 Å². The summed E-state index contributed by atoms with van der Waals surface area (Å²) in [5.74, 6) is 0. The number of hydrogen-bond donors (Lipinski definition) is 1. The van der Waals surface area contributed by atoms with Crippen LogP contribution in [0.25, 0.3) is 0 Å². The average molecular weight is 86.9 g/mol. The molecule has 0 heterocycles. The maximum atomic E-state index is 4.95. The monoisotopic (exact) mass is 87.0 g/mol. The molecule has 0 amide bonds. The molecule has 1 N–H and O–H groups in total. The first-order chi connectivity index (χ1) is 2.27.